The van der Waals surface area contributed by atoms with Crippen LogP contribution in [-0.2, 0) is 9.53 Å². The van der Waals surface area contributed by atoms with E-state index >= 15 is 0 Å². The predicted octanol–water partition coefficient (Wildman–Crippen LogP) is 1.67. The molecular weight excluding hydrogens is 206 g/mol. The molecule has 0 atom stereocenters. The van der Waals surface area contributed by atoms with Crippen LogP contribution in [0.15, 0.2) is 23.4 Å². The number of likely N-dealkylation sites (N-methyl/N-ethyl adjacent to an activating group) is 1. The average molecular weight is 227 g/mol. The Kier molecular flexibility index (Phi) is 7.29. The van der Waals surface area contributed by atoms with Gasteiger partial charge in [-0.15, -0.1) is 0 Å². The number of rotatable bonds is 6. The standard InChI is InChI=1S/C12H21NO3/c1-5-7-10(3)8-11(13(4)9-14)12(15)16-6-2/h7-8,14H,5-6,9H2,1-4H3/b10-7+,11-8-. The van der Waals surface area contributed by atoms with Gasteiger partial charge in [0.15, 0.2) is 0 Å². The van der Waals surface area contributed by atoms with Crippen molar-refractivity contribution in [2.45, 2.75) is 27.2 Å². The summed E-state index contributed by atoms with van der Waals surface area (Å²) in [4.78, 5) is 13.1. The molecule has 0 heterocycles. The second-order valence-corrected chi connectivity index (χ2v) is 3.45. The fourth-order valence-corrected chi connectivity index (χ4v) is 1.20. The van der Waals surface area contributed by atoms with E-state index in [1.165, 1.54) is 4.90 Å². The van der Waals surface area contributed by atoms with Crippen molar-refractivity contribution in [3.05, 3.63) is 23.4 Å². The van der Waals surface area contributed by atoms with Gasteiger partial charge >= 0.3 is 5.97 Å². The van der Waals surface area contributed by atoms with Crippen molar-refractivity contribution in [2.24, 2.45) is 0 Å². The Balaban J connectivity index is 4.93. The summed E-state index contributed by atoms with van der Waals surface area (Å²) >= 11 is 0. The molecule has 0 aliphatic heterocycles. The van der Waals surface area contributed by atoms with Crippen molar-refractivity contribution in [3.63, 3.8) is 0 Å². The van der Waals surface area contributed by atoms with Crippen molar-refractivity contribution in [3.8, 4) is 0 Å². The van der Waals surface area contributed by atoms with Crippen LogP contribution in [0.1, 0.15) is 27.2 Å². The molecule has 16 heavy (non-hydrogen) atoms. The highest BCUT2D eigenvalue weighted by molar-refractivity contribution is 5.88. The van der Waals surface area contributed by atoms with E-state index in [2.05, 4.69) is 0 Å². The third-order valence-corrected chi connectivity index (χ3v) is 2.00. The fourth-order valence-electron chi connectivity index (χ4n) is 1.20. The van der Waals surface area contributed by atoms with Crippen LogP contribution >= 0.6 is 0 Å². The van der Waals surface area contributed by atoms with E-state index in [1.807, 2.05) is 19.9 Å². The zero-order chi connectivity index (χ0) is 12.6. The van der Waals surface area contributed by atoms with E-state index in [0.29, 0.717) is 12.3 Å². The summed E-state index contributed by atoms with van der Waals surface area (Å²) in [5.74, 6) is -0.414. The van der Waals surface area contributed by atoms with Crippen molar-refractivity contribution >= 4 is 5.97 Å². The van der Waals surface area contributed by atoms with Gasteiger partial charge in [0.25, 0.3) is 0 Å². The summed E-state index contributed by atoms with van der Waals surface area (Å²) in [6.45, 7) is 5.80. The number of ether oxygens (including phenoxy) is 1. The van der Waals surface area contributed by atoms with E-state index in [-0.39, 0.29) is 6.73 Å². The molecule has 0 aromatic carbocycles. The first kappa shape index (κ1) is 14.7. The first-order chi connectivity index (χ1) is 7.56. The maximum atomic E-state index is 11.6. The number of esters is 1. The second kappa shape index (κ2) is 7.93. The lowest BCUT2D eigenvalue weighted by Gasteiger charge is -2.18. The van der Waals surface area contributed by atoms with Crippen molar-refractivity contribution < 1.29 is 14.6 Å². The minimum Gasteiger partial charge on any atom is -0.461 e. The number of carbonyl (C=O) groups excluding carboxylic acids is 1. The highest BCUT2D eigenvalue weighted by Gasteiger charge is 2.14. The highest BCUT2D eigenvalue weighted by atomic mass is 16.5. The summed E-state index contributed by atoms with van der Waals surface area (Å²) in [5, 5.41) is 9.02. The van der Waals surface area contributed by atoms with Crippen molar-refractivity contribution in [1.29, 1.82) is 0 Å². The Hall–Kier alpha value is -1.29. The lowest BCUT2D eigenvalue weighted by molar-refractivity contribution is -0.140. The van der Waals surface area contributed by atoms with Crippen LogP contribution in [0.25, 0.3) is 0 Å². The molecule has 0 aromatic rings. The number of carbonyl (C=O) groups is 1. The van der Waals surface area contributed by atoms with Gasteiger partial charge < -0.3 is 14.7 Å². The fraction of sp³-hybridized carbons (Fsp3) is 0.583. The summed E-state index contributed by atoms with van der Waals surface area (Å²) in [5.41, 5.74) is 1.34. The molecule has 0 aromatic heterocycles. The van der Waals surface area contributed by atoms with Crippen LogP contribution in [-0.4, -0.2) is 36.4 Å². The highest BCUT2D eigenvalue weighted by Crippen LogP contribution is 2.09. The topological polar surface area (TPSA) is 49.8 Å². The first-order valence-corrected chi connectivity index (χ1v) is 5.44. The zero-order valence-corrected chi connectivity index (χ0v) is 10.5. The Morgan fingerprint density at radius 3 is 2.50 bits per heavy atom. The minimum atomic E-state index is -0.414. The largest absolute Gasteiger partial charge is 0.461 e. The number of hydrogen-bond acceptors (Lipinski definition) is 4. The molecule has 1 N–H and O–H groups in total. The maximum Gasteiger partial charge on any atom is 0.354 e. The molecular formula is C12H21NO3. The van der Waals surface area contributed by atoms with Crippen molar-refractivity contribution in [2.75, 3.05) is 20.4 Å². The van der Waals surface area contributed by atoms with Gasteiger partial charge in [0.2, 0.25) is 0 Å². The first-order valence-electron chi connectivity index (χ1n) is 5.44. The van der Waals surface area contributed by atoms with Gasteiger partial charge in [0.05, 0.1) is 6.61 Å². The molecule has 0 fully saturated rings. The van der Waals surface area contributed by atoms with Gasteiger partial charge in [0, 0.05) is 7.05 Å². The van der Waals surface area contributed by atoms with Gasteiger partial charge in [-0.1, -0.05) is 18.6 Å². The molecule has 0 rings (SSSR count). The lowest BCUT2D eigenvalue weighted by atomic mass is 10.2. The molecule has 4 nitrogen and oxygen atoms in total. The molecule has 0 amide bonds. The molecule has 0 unspecified atom stereocenters. The average Bonchev–Trinajstić information content (AvgIpc) is 2.25. The molecule has 0 saturated carbocycles. The minimum absolute atomic E-state index is 0.218. The summed E-state index contributed by atoms with van der Waals surface area (Å²) < 4.78 is 4.92. The normalized spacial score (nSPS) is 12.6. The van der Waals surface area contributed by atoms with Crippen LogP contribution in [0, 0.1) is 0 Å². The van der Waals surface area contributed by atoms with Crippen molar-refractivity contribution in [1.82, 2.24) is 4.90 Å². The van der Waals surface area contributed by atoms with E-state index in [0.717, 1.165) is 12.0 Å². The van der Waals surface area contributed by atoms with E-state index in [1.54, 1.807) is 20.0 Å². The van der Waals surface area contributed by atoms with Crippen LogP contribution in [0.5, 0.6) is 0 Å². The second-order valence-electron chi connectivity index (χ2n) is 3.45. The zero-order valence-electron chi connectivity index (χ0n) is 10.5. The number of aliphatic hydroxyl groups is 1. The third-order valence-electron chi connectivity index (χ3n) is 2.00. The van der Waals surface area contributed by atoms with Gasteiger partial charge in [-0.25, -0.2) is 4.79 Å². The summed E-state index contributed by atoms with van der Waals surface area (Å²) in [6.07, 6.45) is 4.63. The lowest BCUT2D eigenvalue weighted by Crippen LogP contribution is -2.26. The Morgan fingerprint density at radius 2 is 2.06 bits per heavy atom. The SMILES string of the molecule is CC/C=C(C)/C=C(/C(=O)OCC)N(C)CO. The molecule has 0 aliphatic rings. The number of allylic oxidation sites excluding steroid dienone is 3. The van der Waals surface area contributed by atoms with Gasteiger partial charge in [-0.2, -0.15) is 0 Å². The molecule has 0 bridgehead atoms. The molecule has 4 heteroatoms. The number of hydrogen-bond donors (Lipinski definition) is 1. The van der Waals surface area contributed by atoms with Gasteiger partial charge in [-0.05, 0) is 26.3 Å². The van der Waals surface area contributed by atoms with Crippen LogP contribution in [0.3, 0.4) is 0 Å². The third kappa shape index (κ3) is 4.98. The Labute approximate surface area is 97.2 Å². The van der Waals surface area contributed by atoms with Crippen LogP contribution in [0.4, 0.5) is 0 Å². The molecule has 92 valence electrons. The predicted molar refractivity (Wildman–Crippen MR) is 63.6 cm³/mol. The van der Waals surface area contributed by atoms with E-state index in [9.17, 15) is 4.79 Å². The number of nitrogens with zero attached hydrogens (tertiary/aromatic N) is 1. The van der Waals surface area contributed by atoms with E-state index < -0.39 is 5.97 Å². The van der Waals surface area contributed by atoms with E-state index in [4.69, 9.17) is 9.84 Å². The number of aliphatic hydroxyl groups excluding tert-OH is 1. The monoisotopic (exact) mass is 227 g/mol. The smallest absolute Gasteiger partial charge is 0.354 e. The quantitative estimate of drug-likeness (QED) is 0.324. The molecule has 0 spiro atoms. The van der Waals surface area contributed by atoms with Crippen LogP contribution < -0.4 is 0 Å². The summed E-state index contributed by atoms with van der Waals surface area (Å²) in [6, 6.07) is 0. The summed E-state index contributed by atoms with van der Waals surface area (Å²) in [7, 11) is 1.64. The van der Waals surface area contributed by atoms with Gasteiger partial charge in [0.1, 0.15) is 12.4 Å². The molecule has 0 aliphatic carbocycles. The Bertz CT molecular complexity index is 282. The van der Waals surface area contributed by atoms with Gasteiger partial charge in [-0.3, -0.25) is 0 Å². The Morgan fingerprint density at radius 1 is 1.44 bits per heavy atom. The maximum absolute atomic E-state index is 11.6. The molecule has 0 radical (unpaired) electrons. The van der Waals surface area contributed by atoms with Crippen LogP contribution in [0.2, 0.25) is 0 Å². The molecule has 0 saturated heterocycles.